The molecule has 2 aromatic rings. The molecule has 2 aliphatic rings. The van der Waals surface area contributed by atoms with Gasteiger partial charge in [-0.25, -0.2) is 8.42 Å². The van der Waals surface area contributed by atoms with Crippen molar-refractivity contribution in [3.63, 3.8) is 0 Å². The zero-order chi connectivity index (χ0) is 18.5. The quantitative estimate of drug-likeness (QED) is 0.880. The minimum absolute atomic E-state index is 0.285. The number of hydrogen-bond donors (Lipinski definition) is 1. The van der Waals surface area contributed by atoms with Crippen molar-refractivity contribution in [2.45, 2.75) is 63.7 Å². The number of rotatable bonds is 4. The molecule has 1 N–H and O–H groups in total. The number of nitrogens with zero attached hydrogens (tertiary/aromatic N) is 3. The Morgan fingerprint density at radius 2 is 1.88 bits per heavy atom. The van der Waals surface area contributed by atoms with Crippen LogP contribution in [0.5, 0.6) is 0 Å². The molecule has 1 aliphatic heterocycles. The Bertz CT molecular complexity index is 911. The molecule has 1 saturated carbocycles. The van der Waals surface area contributed by atoms with Crippen LogP contribution >= 0.6 is 0 Å². The van der Waals surface area contributed by atoms with Crippen molar-refractivity contribution in [1.29, 1.82) is 0 Å². The van der Waals surface area contributed by atoms with Crippen LogP contribution in [0.2, 0.25) is 0 Å². The van der Waals surface area contributed by atoms with Gasteiger partial charge in [0, 0.05) is 30.4 Å². The number of aryl methyl sites for hydroxylation is 2. The predicted octanol–water partition coefficient (Wildman–Crippen LogP) is 3.37. The predicted molar refractivity (Wildman–Crippen MR) is 97.3 cm³/mol. The second-order valence-corrected chi connectivity index (χ2v) is 9.64. The molecular formula is C18H26N4O3S. The van der Waals surface area contributed by atoms with E-state index in [9.17, 15) is 8.42 Å². The maximum atomic E-state index is 13.4. The van der Waals surface area contributed by atoms with Gasteiger partial charge in [0.05, 0.1) is 5.56 Å². The summed E-state index contributed by atoms with van der Waals surface area (Å²) in [6, 6.07) is 0. The molecule has 0 radical (unpaired) electrons. The lowest BCUT2D eigenvalue weighted by atomic mass is 9.85. The number of aromatic amines is 1. The van der Waals surface area contributed by atoms with Crippen molar-refractivity contribution in [3.8, 4) is 11.5 Å². The third-order valence-corrected chi connectivity index (χ3v) is 7.68. The lowest BCUT2D eigenvalue weighted by Gasteiger charge is -2.30. The van der Waals surface area contributed by atoms with Gasteiger partial charge in [0.15, 0.2) is 0 Å². The summed E-state index contributed by atoms with van der Waals surface area (Å²) >= 11 is 0. The summed E-state index contributed by atoms with van der Waals surface area (Å²) in [6.45, 7) is 6.86. The molecule has 1 unspecified atom stereocenters. The molecule has 7 nitrogen and oxygen atoms in total. The molecule has 0 bridgehead atoms. The van der Waals surface area contributed by atoms with Gasteiger partial charge in [0.25, 0.3) is 5.89 Å². The van der Waals surface area contributed by atoms with Gasteiger partial charge >= 0.3 is 0 Å². The first kappa shape index (κ1) is 17.7. The van der Waals surface area contributed by atoms with E-state index >= 15 is 0 Å². The van der Waals surface area contributed by atoms with Crippen LogP contribution in [0.4, 0.5) is 0 Å². The standard InChI is InChI=1S/C18H26N4O3S/c1-11-6-5-9-22(10-11)26(23,24)16-13(3)19-12(2)15(16)18-21-20-17(25-18)14-7-4-8-14/h11,14,19H,4-10H2,1-3H3. The van der Waals surface area contributed by atoms with Crippen molar-refractivity contribution in [3.05, 3.63) is 17.3 Å². The third-order valence-electron chi connectivity index (χ3n) is 5.64. The Morgan fingerprint density at radius 1 is 1.12 bits per heavy atom. The summed E-state index contributed by atoms with van der Waals surface area (Å²) in [5, 5.41) is 8.35. The Hall–Kier alpha value is -1.67. The highest BCUT2D eigenvalue weighted by Crippen LogP contribution is 2.39. The van der Waals surface area contributed by atoms with Crippen LogP contribution in [0, 0.1) is 19.8 Å². The molecule has 2 fully saturated rings. The fraction of sp³-hybridized carbons (Fsp3) is 0.667. The average Bonchev–Trinajstić information content (AvgIpc) is 3.10. The van der Waals surface area contributed by atoms with Gasteiger partial charge in [-0.3, -0.25) is 0 Å². The summed E-state index contributed by atoms with van der Waals surface area (Å²) < 4.78 is 34.3. The Balaban J connectivity index is 1.76. The first-order valence-electron chi connectivity index (χ1n) is 9.41. The molecule has 0 aromatic carbocycles. The molecule has 0 spiro atoms. The molecule has 26 heavy (non-hydrogen) atoms. The molecule has 1 aliphatic carbocycles. The zero-order valence-corrected chi connectivity index (χ0v) is 16.4. The number of aromatic nitrogens is 3. The highest BCUT2D eigenvalue weighted by atomic mass is 32.2. The Labute approximate surface area is 154 Å². The fourth-order valence-electron chi connectivity index (χ4n) is 3.99. The van der Waals surface area contributed by atoms with Crippen molar-refractivity contribution in [1.82, 2.24) is 19.5 Å². The number of hydrogen-bond acceptors (Lipinski definition) is 5. The van der Waals surface area contributed by atoms with Crippen LogP contribution in [-0.4, -0.2) is 41.0 Å². The van der Waals surface area contributed by atoms with Crippen LogP contribution < -0.4 is 0 Å². The Morgan fingerprint density at radius 3 is 2.54 bits per heavy atom. The largest absolute Gasteiger partial charge is 0.420 e. The van der Waals surface area contributed by atoms with Gasteiger partial charge in [-0.05, 0) is 45.4 Å². The summed E-state index contributed by atoms with van der Waals surface area (Å²) in [6.07, 6.45) is 5.26. The normalized spacial score (nSPS) is 22.5. The molecule has 142 valence electrons. The van der Waals surface area contributed by atoms with E-state index < -0.39 is 10.0 Å². The van der Waals surface area contributed by atoms with E-state index in [0.29, 0.717) is 48.0 Å². The first-order valence-corrected chi connectivity index (χ1v) is 10.8. The van der Waals surface area contributed by atoms with Gasteiger partial charge in [-0.2, -0.15) is 4.31 Å². The molecule has 3 heterocycles. The Kier molecular flexibility index (Phi) is 4.43. The summed E-state index contributed by atoms with van der Waals surface area (Å²) in [4.78, 5) is 3.45. The fourth-order valence-corrected chi connectivity index (χ4v) is 6.00. The smallest absolute Gasteiger partial charge is 0.250 e. The van der Waals surface area contributed by atoms with Gasteiger partial charge in [0.1, 0.15) is 4.90 Å². The summed E-state index contributed by atoms with van der Waals surface area (Å²) in [5.74, 6) is 1.62. The lowest BCUT2D eigenvalue weighted by Crippen LogP contribution is -2.39. The highest BCUT2D eigenvalue weighted by molar-refractivity contribution is 7.89. The molecule has 0 amide bonds. The van der Waals surface area contributed by atoms with E-state index in [4.69, 9.17) is 4.42 Å². The molecule has 1 saturated heterocycles. The van der Waals surface area contributed by atoms with Crippen molar-refractivity contribution in [2.75, 3.05) is 13.1 Å². The van der Waals surface area contributed by atoms with Gasteiger partial charge in [-0.1, -0.05) is 13.3 Å². The minimum Gasteiger partial charge on any atom is -0.420 e. The van der Waals surface area contributed by atoms with Gasteiger partial charge in [-0.15, -0.1) is 10.2 Å². The van der Waals surface area contributed by atoms with E-state index in [1.54, 1.807) is 11.2 Å². The van der Waals surface area contributed by atoms with E-state index in [1.807, 2.05) is 6.92 Å². The average molecular weight is 378 g/mol. The van der Waals surface area contributed by atoms with Crippen LogP contribution in [0.3, 0.4) is 0 Å². The monoisotopic (exact) mass is 378 g/mol. The summed E-state index contributed by atoms with van der Waals surface area (Å²) in [7, 11) is -3.61. The van der Waals surface area contributed by atoms with E-state index in [1.165, 1.54) is 6.42 Å². The maximum absolute atomic E-state index is 13.4. The third kappa shape index (κ3) is 2.89. The minimum atomic E-state index is -3.61. The lowest BCUT2D eigenvalue weighted by molar-refractivity contribution is 0.281. The van der Waals surface area contributed by atoms with E-state index in [2.05, 4.69) is 22.1 Å². The topological polar surface area (TPSA) is 92.1 Å². The summed E-state index contributed by atoms with van der Waals surface area (Å²) in [5.41, 5.74) is 1.90. The van der Waals surface area contributed by atoms with Crippen molar-refractivity contribution < 1.29 is 12.8 Å². The van der Waals surface area contributed by atoms with E-state index in [-0.39, 0.29) is 4.90 Å². The first-order chi connectivity index (χ1) is 12.4. The zero-order valence-electron chi connectivity index (χ0n) is 15.6. The molecule has 8 heteroatoms. The second-order valence-electron chi connectivity index (χ2n) is 7.76. The van der Waals surface area contributed by atoms with Crippen LogP contribution in [0.15, 0.2) is 9.31 Å². The van der Waals surface area contributed by atoms with Crippen LogP contribution in [0.25, 0.3) is 11.5 Å². The number of H-pyrrole nitrogens is 1. The highest BCUT2D eigenvalue weighted by Gasteiger charge is 2.36. The molecule has 1 atom stereocenters. The molecular weight excluding hydrogens is 352 g/mol. The van der Waals surface area contributed by atoms with Crippen LogP contribution in [0.1, 0.15) is 62.2 Å². The number of nitrogens with one attached hydrogen (secondary N) is 1. The second kappa shape index (κ2) is 6.49. The van der Waals surface area contributed by atoms with Gasteiger partial charge < -0.3 is 9.40 Å². The number of sulfonamides is 1. The molecule has 2 aromatic heterocycles. The van der Waals surface area contributed by atoms with Gasteiger partial charge in [0.2, 0.25) is 15.9 Å². The van der Waals surface area contributed by atoms with E-state index in [0.717, 1.165) is 31.4 Å². The maximum Gasteiger partial charge on any atom is 0.250 e. The SMILES string of the molecule is Cc1[nH]c(C)c(S(=O)(=O)N2CCCC(C)C2)c1-c1nnc(C2CCC2)o1. The van der Waals surface area contributed by atoms with Crippen molar-refractivity contribution in [2.24, 2.45) is 5.92 Å². The van der Waals surface area contributed by atoms with Crippen molar-refractivity contribution >= 4 is 10.0 Å². The molecule has 4 rings (SSSR count). The number of piperidine rings is 1. The van der Waals surface area contributed by atoms with Crippen LogP contribution in [-0.2, 0) is 10.0 Å².